The van der Waals surface area contributed by atoms with Crippen LogP contribution in [0.25, 0.3) is 0 Å². The average Bonchev–Trinajstić information content (AvgIpc) is 3.53. The molecule has 1 aromatic heterocycles. The van der Waals surface area contributed by atoms with Crippen LogP contribution in [0.1, 0.15) is 63.5 Å². The molecule has 0 aliphatic heterocycles. The van der Waals surface area contributed by atoms with Crippen molar-refractivity contribution in [3.05, 3.63) is 88.4 Å². The Hall–Kier alpha value is -3.92. The van der Waals surface area contributed by atoms with Crippen molar-refractivity contribution >= 4 is 29.9 Å². The normalized spacial score (nSPS) is 10.4. The molecule has 9 nitrogen and oxygen atoms in total. The minimum Gasteiger partial charge on any atom is -0.444 e. The third kappa shape index (κ3) is 22.6. The van der Waals surface area contributed by atoms with E-state index in [4.69, 9.17) is 4.74 Å². The number of hydrogen-bond acceptors (Lipinski definition) is 6. The highest BCUT2D eigenvalue weighted by atomic mass is 32.1. The zero-order valence-corrected chi connectivity index (χ0v) is 28.5. The highest BCUT2D eigenvalue weighted by Gasteiger charge is 2.15. The van der Waals surface area contributed by atoms with Gasteiger partial charge < -0.3 is 25.6 Å². The number of amides is 4. The maximum absolute atomic E-state index is 11.5. The van der Waals surface area contributed by atoms with Crippen molar-refractivity contribution in [3.63, 3.8) is 0 Å². The number of rotatable bonds is 11. The van der Waals surface area contributed by atoms with E-state index < -0.39 is 6.09 Å². The van der Waals surface area contributed by atoms with Crippen LogP contribution in [-0.2, 0) is 16.1 Å². The van der Waals surface area contributed by atoms with Crippen molar-refractivity contribution in [1.29, 1.82) is 0 Å². The number of benzene rings is 2. The number of nitrogens with one attached hydrogen (secondary N) is 3. The van der Waals surface area contributed by atoms with Crippen molar-refractivity contribution < 1.29 is 19.1 Å². The van der Waals surface area contributed by atoms with Gasteiger partial charge in [0.25, 0.3) is 0 Å². The van der Waals surface area contributed by atoms with E-state index in [9.17, 15) is 14.4 Å². The largest absolute Gasteiger partial charge is 0.444 e. The second-order valence-corrected chi connectivity index (χ2v) is 11.7. The highest BCUT2D eigenvalue weighted by Crippen LogP contribution is 2.06. The van der Waals surface area contributed by atoms with Crippen molar-refractivity contribution in [2.45, 2.75) is 80.0 Å². The summed E-state index contributed by atoms with van der Waals surface area (Å²) in [5.41, 5.74) is 4.33. The molecule has 0 aliphatic rings. The Morgan fingerprint density at radius 3 is 1.86 bits per heavy atom. The van der Waals surface area contributed by atoms with Gasteiger partial charge in [-0.2, -0.15) is 0 Å². The van der Waals surface area contributed by atoms with Crippen molar-refractivity contribution in [1.82, 2.24) is 25.8 Å². The van der Waals surface area contributed by atoms with E-state index in [0.717, 1.165) is 17.7 Å². The molecule has 0 saturated carbocycles. The van der Waals surface area contributed by atoms with Crippen molar-refractivity contribution in [2.75, 3.05) is 20.1 Å². The molecular formula is C34H53N5O4S. The number of thiazole rings is 1. The van der Waals surface area contributed by atoms with Gasteiger partial charge in [0.15, 0.2) is 0 Å². The lowest BCUT2D eigenvalue weighted by Gasteiger charge is -2.25. The molecule has 0 aliphatic carbocycles. The third-order valence-electron chi connectivity index (χ3n) is 6.26. The van der Waals surface area contributed by atoms with Crippen molar-refractivity contribution in [3.8, 4) is 0 Å². The number of aryl methyl sites for hydroxylation is 2. The van der Waals surface area contributed by atoms with E-state index >= 15 is 0 Å². The number of alkyl carbamates (subject to hydrolysis) is 1. The Balaban J connectivity index is 0.000000600. The van der Waals surface area contributed by atoms with Crippen LogP contribution >= 0.6 is 11.3 Å². The maximum atomic E-state index is 11.5. The number of carbonyl (C=O) groups excluding carboxylic acids is 3. The summed E-state index contributed by atoms with van der Waals surface area (Å²) in [4.78, 5) is 39.2. The van der Waals surface area contributed by atoms with Crippen LogP contribution in [0.15, 0.2) is 72.4 Å². The quantitative estimate of drug-likeness (QED) is 0.157. The molecule has 44 heavy (non-hydrogen) atoms. The van der Waals surface area contributed by atoms with E-state index in [-0.39, 0.29) is 24.7 Å². The van der Waals surface area contributed by atoms with Crippen LogP contribution in [-0.4, -0.2) is 60.6 Å². The monoisotopic (exact) mass is 627 g/mol. The summed E-state index contributed by atoms with van der Waals surface area (Å²) in [6, 6.07) is 21.0. The molecule has 1 heterocycles. The van der Waals surface area contributed by atoms with Crippen LogP contribution < -0.4 is 16.0 Å². The predicted molar refractivity (Wildman–Crippen MR) is 182 cm³/mol. The fraction of sp³-hybridized carbons (Fsp3) is 0.471. The SMILES string of the molecule is CC(C)C(C)NC(=O)N(C)C(C)C.Cc1ccccc1.Cc1ccccc1.O=CNCCCCNC(=O)OCc1cncs1. The Bertz CT molecular complexity index is 1080. The molecule has 10 heteroatoms. The summed E-state index contributed by atoms with van der Waals surface area (Å²) in [6.45, 7) is 15.8. The molecule has 1 atom stereocenters. The minimum absolute atomic E-state index is 0.0104. The molecule has 2 aromatic carbocycles. The third-order valence-corrected chi connectivity index (χ3v) is 7.01. The van der Waals surface area contributed by atoms with Gasteiger partial charge in [-0.05, 0) is 53.4 Å². The topological polar surface area (TPSA) is 113 Å². The van der Waals surface area contributed by atoms with Gasteiger partial charge in [-0.15, -0.1) is 11.3 Å². The maximum Gasteiger partial charge on any atom is 0.407 e. The summed E-state index contributed by atoms with van der Waals surface area (Å²) < 4.78 is 4.96. The lowest BCUT2D eigenvalue weighted by molar-refractivity contribution is -0.109. The van der Waals surface area contributed by atoms with Crippen LogP contribution in [0, 0.1) is 19.8 Å². The summed E-state index contributed by atoms with van der Waals surface area (Å²) in [7, 11) is 1.81. The lowest BCUT2D eigenvalue weighted by atomic mass is 10.1. The first-order chi connectivity index (χ1) is 21.0. The number of urea groups is 1. The fourth-order valence-electron chi connectivity index (χ4n) is 2.87. The van der Waals surface area contributed by atoms with Gasteiger partial charge in [-0.1, -0.05) is 85.6 Å². The van der Waals surface area contributed by atoms with Crippen molar-refractivity contribution in [2.24, 2.45) is 5.92 Å². The van der Waals surface area contributed by atoms with E-state index in [1.807, 2.05) is 64.2 Å². The highest BCUT2D eigenvalue weighted by molar-refractivity contribution is 7.09. The minimum atomic E-state index is -0.429. The molecule has 244 valence electrons. The summed E-state index contributed by atoms with van der Waals surface area (Å²) in [6.07, 6.45) is 3.53. The second-order valence-electron chi connectivity index (χ2n) is 10.7. The molecular weight excluding hydrogens is 574 g/mol. The van der Waals surface area contributed by atoms with Gasteiger partial charge in [0.05, 0.1) is 10.4 Å². The molecule has 1 unspecified atom stereocenters. The molecule has 0 fully saturated rings. The Morgan fingerprint density at radius 2 is 1.45 bits per heavy atom. The average molecular weight is 628 g/mol. The number of carbonyl (C=O) groups is 3. The molecule has 3 N–H and O–H groups in total. The molecule has 3 rings (SSSR count). The van der Waals surface area contributed by atoms with E-state index in [2.05, 4.69) is 72.9 Å². The summed E-state index contributed by atoms with van der Waals surface area (Å²) in [5.74, 6) is 0.476. The number of nitrogens with zero attached hydrogens (tertiary/aromatic N) is 2. The molecule has 3 aromatic rings. The molecule has 0 spiro atoms. The molecule has 0 radical (unpaired) electrons. The standard InChI is InChI=1S/C10H15N3O3S.C10H22N2O.2C7H8/c14-7-11-3-1-2-4-13-10(15)16-6-9-5-12-8-17-9;1-7(2)9(5)11-10(13)12(6)8(3)4;2*1-7-5-3-2-4-6-7/h5,7-8H,1-4,6H2,(H,11,14)(H,13,15);7-9H,1-6H3,(H,11,13);2*2-6H,1H3. The van der Waals surface area contributed by atoms with Gasteiger partial charge in [0.1, 0.15) is 6.61 Å². The first kappa shape index (κ1) is 40.1. The number of hydrogen-bond donors (Lipinski definition) is 3. The number of aromatic nitrogens is 1. The van der Waals surface area contributed by atoms with Crippen LogP contribution in [0.4, 0.5) is 9.59 Å². The first-order valence-corrected chi connectivity index (χ1v) is 15.9. The van der Waals surface area contributed by atoms with E-state index in [0.29, 0.717) is 25.4 Å². The molecule has 0 bridgehead atoms. The predicted octanol–water partition coefficient (Wildman–Crippen LogP) is 6.97. The summed E-state index contributed by atoms with van der Waals surface area (Å²) >= 11 is 1.44. The van der Waals surface area contributed by atoms with E-state index in [1.165, 1.54) is 22.5 Å². The van der Waals surface area contributed by atoms with Gasteiger partial charge in [-0.3, -0.25) is 9.78 Å². The van der Waals surface area contributed by atoms with Gasteiger partial charge in [-0.25, -0.2) is 9.59 Å². The Kier molecular flexibility index (Phi) is 23.3. The van der Waals surface area contributed by atoms with Gasteiger partial charge in [0.2, 0.25) is 6.41 Å². The van der Waals surface area contributed by atoms with Gasteiger partial charge >= 0.3 is 12.1 Å². The van der Waals surface area contributed by atoms with Gasteiger partial charge in [0, 0.05) is 38.4 Å². The van der Waals surface area contributed by atoms with Crippen LogP contribution in [0.5, 0.6) is 0 Å². The lowest BCUT2D eigenvalue weighted by Crippen LogP contribution is -2.46. The Labute approximate surface area is 268 Å². The second kappa shape index (κ2) is 25.6. The first-order valence-electron chi connectivity index (χ1n) is 15.0. The Morgan fingerprint density at radius 1 is 0.909 bits per heavy atom. The number of ether oxygens (including phenoxy) is 1. The summed E-state index contributed by atoms with van der Waals surface area (Å²) in [5, 5.41) is 8.13. The molecule has 0 saturated heterocycles. The molecule has 4 amide bonds. The van der Waals surface area contributed by atoms with E-state index in [1.54, 1.807) is 16.6 Å². The zero-order valence-electron chi connectivity index (χ0n) is 27.7. The van der Waals surface area contributed by atoms with Crippen LogP contribution in [0.3, 0.4) is 0 Å². The number of unbranched alkanes of at least 4 members (excludes halogenated alkanes) is 1. The fourth-order valence-corrected chi connectivity index (χ4v) is 3.37. The smallest absolute Gasteiger partial charge is 0.407 e. The van der Waals surface area contributed by atoms with Crippen LogP contribution in [0.2, 0.25) is 0 Å². The zero-order chi connectivity index (χ0) is 33.2.